The van der Waals surface area contributed by atoms with E-state index in [2.05, 4.69) is 45.2 Å². The molecule has 1 saturated carbocycles. The highest BCUT2D eigenvalue weighted by atomic mass is 79.9. The molecule has 1 N–H and O–H groups in total. The van der Waals surface area contributed by atoms with Gasteiger partial charge in [0.2, 0.25) is 0 Å². The Kier molecular flexibility index (Phi) is 6.52. The maximum absolute atomic E-state index is 13.2. The number of benzene rings is 2. The SMILES string of the molecule is Cn1cc(Br)nc1C1(OCC(=O)O)CCC2CN(C(=O)OCC3c4ccccc4-c4ccccc43)CC2C1. The molecule has 1 saturated heterocycles. The highest BCUT2D eigenvalue weighted by molar-refractivity contribution is 9.10. The molecule has 8 nitrogen and oxygen atoms in total. The van der Waals surface area contributed by atoms with E-state index < -0.39 is 18.2 Å². The molecular weight excluding hydrogens is 550 g/mol. The van der Waals surface area contributed by atoms with Gasteiger partial charge in [0.15, 0.2) is 0 Å². The van der Waals surface area contributed by atoms with Gasteiger partial charge in [0, 0.05) is 32.3 Å². The Balaban J connectivity index is 1.15. The number of likely N-dealkylation sites (tertiary alicyclic amines) is 1. The molecule has 2 aromatic carbocycles. The number of hydrogen-bond acceptors (Lipinski definition) is 5. The third-order valence-electron chi connectivity index (χ3n) is 8.41. The highest BCUT2D eigenvalue weighted by Gasteiger charge is 2.50. The van der Waals surface area contributed by atoms with Crippen LogP contribution in [0.3, 0.4) is 0 Å². The summed E-state index contributed by atoms with van der Waals surface area (Å²) in [5, 5.41) is 9.32. The van der Waals surface area contributed by atoms with Crippen LogP contribution in [0.1, 0.15) is 42.1 Å². The summed E-state index contributed by atoms with van der Waals surface area (Å²) < 4.78 is 14.6. The van der Waals surface area contributed by atoms with E-state index in [-0.39, 0.29) is 17.9 Å². The van der Waals surface area contributed by atoms with E-state index in [1.54, 1.807) is 0 Å². The van der Waals surface area contributed by atoms with Gasteiger partial charge < -0.3 is 24.0 Å². The zero-order valence-electron chi connectivity index (χ0n) is 21.2. The van der Waals surface area contributed by atoms with Gasteiger partial charge in [0.1, 0.15) is 29.2 Å². The van der Waals surface area contributed by atoms with Gasteiger partial charge in [-0.25, -0.2) is 14.6 Å². The Morgan fingerprint density at radius 3 is 2.37 bits per heavy atom. The first-order valence-corrected chi connectivity index (χ1v) is 13.8. The topological polar surface area (TPSA) is 93.9 Å². The number of aryl methyl sites for hydroxylation is 1. The lowest BCUT2D eigenvalue weighted by atomic mass is 9.72. The van der Waals surface area contributed by atoms with Crippen molar-refractivity contribution in [1.29, 1.82) is 0 Å². The first-order chi connectivity index (χ1) is 18.3. The maximum atomic E-state index is 13.2. The molecule has 3 atom stereocenters. The molecule has 3 aliphatic rings. The summed E-state index contributed by atoms with van der Waals surface area (Å²) in [6.07, 6.45) is 3.64. The van der Waals surface area contributed by atoms with Crippen molar-refractivity contribution < 1.29 is 24.2 Å². The molecule has 1 amide bonds. The smallest absolute Gasteiger partial charge is 0.409 e. The zero-order chi connectivity index (χ0) is 26.4. The number of hydrogen-bond donors (Lipinski definition) is 1. The molecule has 3 unspecified atom stereocenters. The number of rotatable bonds is 6. The summed E-state index contributed by atoms with van der Waals surface area (Å²) in [5.74, 6) is 0.222. The van der Waals surface area contributed by atoms with E-state index >= 15 is 0 Å². The van der Waals surface area contributed by atoms with E-state index in [9.17, 15) is 14.7 Å². The number of carboxylic acid groups (broad SMARTS) is 1. The summed E-state index contributed by atoms with van der Waals surface area (Å²) in [6, 6.07) is 16.6. The lowest BCUT2D eigenvalue weighted by Gasteiger charge is -2.41. The van der Waals surface area contributed by atoms with Crippen LogP contribution < -0.4 is 0 Å². The second-order valence-electron chi connectivity index (χ2n) is 10.6. The van der Waals surface area contributed by atoms with Crippen molar-refractivity contribution in [3.8, 4) is 11.1 Å². The van der Waals surface area contributed by atoms with Gasteiger partial charge in [-0.1, -0.05) is 48.5 Å². The molecule has 198 valence electrons. The predicted molar refractivity (Wildman–Crippen MR) is 144 cm³/mol. The van der Waals surface area contributed by atoms with Gasteiger partial charge in [0.25, 0.3) is 0 Å². The van der Waals surface area contributed by atoms with Gasteiger partial charge in [-0.15, -0.1) is 0 Å². The third-order valence-corrected chi connectivity index (χ3v) is 8.79. The van der Waals surface area contributed by atoms with Crippen LogP contribution in [0.5, 0.6) is 0 Å². The minimum Gasteiger partial charge on any atom is -0.480 e. The van der Waals surface area contributed by atoms with E-state index in [0.717, 1.165) is 6.42 Å². The third kappa shape index (κ3) is 4.41. The van der Waals surface area contributed by atoms with E-state index in [4.69, 9.17) is 9.47 Å². The van der Waals surface area contributed by atoms with Crippen LogP contribution in [0.2, 0.25) is 0 Å². The molecule has 9 heteroatoms. The van der Waals surface area contributed by atoms with Crippen molar-refractivity contribution in [3.63, 3.8) is 0 Å². The number of fused-ring (bicyclic) bond motifs is 4. The minimum absolute atomic E-state index is 0.0233. The first kappa shape index (κ1) is 25.1. The molecule has 1 aliphatic heterocycles. The quantitative estimate of drug-likeness (QED) is 0.433. The van der Waals surface area contributed by atoms with Crippen molar-refractivity contribution >= 4 is 28.0 Å². The van der Waals surface area contributed by atoms with Gasteiger partial charge in [-0.3, -0.25) is 0 Å². The van der Waals surface area contributed by atoms with E-state index in [0.29, 0.717) is 48.9 Å². The van der Waals surface area contributed by atoms with E-state index in [1.165, 1.54) is 22.3 Å². The van der Waals surface area contributed by atoms with Gasteiger partial charge >= 0.3 is 12.1 Å². The number of nitrogens with zero attached hydrogens (tertiary/aromatic N) is 3. The zero-order valence-corrected chi connectivity index (χ0v) is 22.8. The summed E-state index contributed by atoms with van der Waals surface area (Å²) in [5.41, 5.74) is 3.98. The molecule has 0 radical (unpaired) electrons. The van der Waals surface area contributed by atoms with Crippen LogP contribution in [0.15, 0.2) is 59.3 Å². The maximum Gasteiger partial charge on any atom is 0.409 e. The summed E-state index contributed by atoms with van der Waals surface area (Å²) in [4.78, 5) is 31.1. The highest BCUT2D eigenvalue weighted by Crippen LogP contribution is 2.48. The molecular formula is C29H30BrN3O5. The minimum atomic E-state index is -1.01. The van der Waals surface area contributed by atoms with E-state index in [1.807, 2.05) is 47.0 Å². The Morgan fingerprint density at radius 1 is 1.08 bits per heavy atom. The molecule has 2 fully saturated rings. The van der Waals surface area contributed by atoms with Gasteiger partial charge in [0.05, 0.1) is 0 Å². The molecule has 2 aliphatic carbocycles. The van der Waals surface area contributed by atoms with Crippen LogP contribution in [-0.4, -0.2) is 57.9 Å². The Bertz CT molecular complexity index is 1340. The monoisotopic (exact) mass is 579 g/mol. The average Bonchev–Trinajstić information content (AvgIpc) is 3.59. The second-order valence-corrected chi connectivity index (χ2v) is 11.5. The normalized spacial score (nSPS) is 24.1. The van der Waals surface area contributed by atoms with Crippen LogP contribution in [0.4, 0.5) is 4.79 Å². The van der Waals surface area contributed by atoms with Crippen molar-refractivity contribution in [2.45, 2.75) is 30.8 Å². The molecule has 2 heterocycles. The number of amides is 1. The van der Waals surface area contributed by atoms with Crippen LogP contribution >= 0.6 is 15.9 Å². The van der Waals surface area contributed by atoms with Crippen LogP contribution in [0, 0.1) is 11.8 Å². The fourth-order valence-electron chi connectivity index (χ4n) is 6.73. The predicted octanol–water partition coefficient (Wildman–Crippen LogP) is 5.16. The number of carboxylic acids is 1. The first-order valence-electron chi connectivity index (χ1n) is 13.0. The molecule has 0 spiro atoms. The average molecular weight is 580 g/mol. The number of halogens is 1. The van der Waals surface area contributed by atoms with Crippen LogP contribution in [-0.2, 0) is 26.9 Å². The van der Waals surface area contributed by atoms with Crippen molar-refractivity contribution in [1.82, 2.24) is 14.5 Å². The fourth-order valence-corrected chi connectivity index (χ4v) is 7.20. The number of aromatic nitrogens is 2. The standard InChI is InChI=1S/C29H30BrN3O5/c1-32-15-25(30)31-27(32)29(38-17-26(34)35)11-10-18-13-33(14-19(18)12-29)28(36)37-16-24-22-8-4-2-6-20(22)21-7-3-5-9-23(21)24/h2-9,15,18-19,24H,10-14,16-17H2,1H3,(H,34,35). The molecule has 0 bridgehead atoms. The second kappa shape index (κ2) is 9.85. The lowest BCUT2D eigenvalue weighted by molar-refractivity contribution is -0.157. The lowest BCUT2D eigenvalue weighted by Crippen LogP contribution is -2.42. The summed E-state index contributed by atoms with van der Waals surface area (Å²) >= 11 is 3.43. The Hall–Kier alpha value is -3.17. The summed E-state index contributed by atoms with van der Waals surface area (Å²) in [7, 11) is 1.89. The molecule has 6 rings (SSSR count). The number of aliphatic carboxylic acids is 1. The largest absolute Gasteiger partial charge is 0.480 e. The van der Waals surface area contributed by atoms with Crippen molar-refractivity contribution in [2.24, 2.45) is 18.9 Å². The van der Waals surface area contributed by atoms with Crippen LogP contribution in [0.25, 0.3) is 11.1 Å². The molecule has 38 heavy (non-hydrogen) atoms. The Morgan fingerprint density at radius 2 is 1.74 bits per heavy atom. The molecule has 3 aromatic rings. The van der Waals surface area contributed by atoms with Crippen molar-refractivity contribution in [3.05, 3.63) is 76.3 Å². The number of ether oxygens (including phenoxy) is 2. The molecule has 1 aromatic heterocycles. The van der Waals surface area contributed by atoms with Crippen molar-refractivity contribution in [2.75, 3.05) is 26.3 Å². The van der Waals surface area contributed by atoms with Gasteiger partial charge in [-0.05, 0) is 69.3 Å². The van der Waals surface area contributed by atoms with Gasteiger partial charge in [-0.2, -0.15) is 0 Å². The summed E-state index contributed by atoms with van der Waals surface area (Å²) in [6.45, 7) is 1.11. The fraction of sp³-hybridized carbons (Fsp3) is 0.414. The number of imidazole rings is 1. The number of carbonyl (C=O) groups excluding carboxylic acids is 1. The number of carbonyl (C=O) groups is 2. The Labute approximate surface area is 229 Å².